The summed E-state index contributed by atoms with van der Waals surface area (Å²) in [6.45, 7) is 2.22. The second-order valence-corrected chi connectivity index (χ2v) is 5.05. The molecule has 0 saturated carbocycles. The molecule has 0 radical (unpaired) electrons. The normalized spacial score (nSPS) is 10.8. The molecule has 0 aliphatic carbocycles. The second-order valence-electron chi connectivity index (χ2n) is 1.75. The first-order valence-electron chi connectivity index (χ1n) is 3.08. The third-order valence-corrected chi connectivity index (χ3v) is 3.15. The van der Waals surface area contributed by atoms with Crippen LogP contribution in [0, 0.1) is 0 Å². The van der Waals surface area contributed by atoms with E-state index in [1.165, 1.54) is 9.69 Å². The van der Waals surface area contributed by atoms with Crippen molar-refractivity contribution >= 4 is 20.2 Å². The Kier molecular flexibility index (Phi) is 2.79. The van der Waals surface area contributed by atoms with Crippen LogP contribution in [0.3, 0.4) is 0 Å². The zero-order chi connectivity index (χ0) is 6.53. The summed E-state index contributed by atoms with van der Waals surface area (Å²) in [7, 11) is 0. The van der Waals surface area contributed by atoms with E-state index >= 15 is 0 Å². The van der Waals surface area contributed by atoms with E-state index in [9.17, 15) is 0 Å². The Hall–Kier alpha value is -0.292. The molecule has 1 unspecified atom stereocenters. The third-order valence-electron chi connectivity index (χ3n) is 1.02. The molecule has 48 valence electrons. The number of aromatic nitrogens is 1. The van der Waals surface area contributed by atoms with Crippen LogP contribution in [-0.4, -0.2) is 20.7 Å². The van der Waals surface area contributed by atoms with E-state index in [1.54, 1.807) is 0 Å². The Bertz CT molecular complexity index is 162. The van der Waals surface area contributed by atoms with Crippen molar-refractivity contribution in [2.45, 2.75) is 12.1 Å². The van der Waals surface area contributed by atoms with Crippen LogP contribution < -0.4 is 4.48 Å². The molecule has 1 aromatic rings. The Morgan fingerprint density at radius 2 is 2.44 bits per heavy atom. The van der Waals surface area contributed by atoms with E-state index in [2.05, 4.69) is 24.0 Å². The third kappa shape index (κ3) is 2.19. The average molecular weight is 183 g/mol. The van der Waals surface area contributed by atoms with E-state index in [0.717, 1.165) is 0 Å². The van der Waals surface area contributed by atoms with E-state index in [4.69, 9.17) is 0 Å². The Balaban J connectivity index is 2.61. The minimum absolute atomic E-state index is 0.0989. The summed E-state index contributed by atoms with van der Waals surface area (Å²) < 4.78 is 1.32. The van der Waals surface area contributed by atoms with Crippen LogP contribution in [-0.2, 0) is 0 Å². The van der Waals surface area contributed by atoms with Crippen molar-refractivity contribution in [2.24, 2.45) is 0 Å². The molecule has 9 heavy (non-hydrogen) atoms. The maximum absolute atomic E-state index is 4.22. The van der Waals surface area contributed by atoms with E-state index < -0.39 is 0 Å². The molecule has 1 atom stereocenters. The molecule has 0 amide bonds. The van der Waals surface area contributed by atoms with Gasteiger partial charge in [-0.2, -0.15) is 0 Å². The molecule has 0 spiro atoms. The molecule has 0 N–H and O–H groups in total. The fraction of sp³-hybridized carbons (Fsp3) is 0.286. The molecule has 1 aromatic heterocycles. The van der Waals surface area contributed by atoms with Gasteiger partial charge in [0.25, 0.3) is 0 Å². The standard InChI is InChI=1S/C7H10AsN/c1-2-8-7-5-3-4-6-9-7/h3-6,8H,2H2,1H3. The number of pyridine rings is 1. The molecule has 0 aliphatic heterocycles. The Morgan fingerprint density at radius 3 is 3.00 bits per heavy atom. The first kappa shape index (κ1) is 6.82. The summed E-state index contributed by atoms with van der Waals surface area (Å²) in [5.41, 5.74) is 0. The molecule has 0 aliphatic rings. The number of nitrogens with zero attached hydrogens (tertiary/aromatic N) is 1. The van der Waals surface area contributed by atoms with Gasteiger partial charge in [0.1, 0.15) is 0 Å². The molecule has 1 nitrogen and oxygen atoms in total. The maximum atomic E-state index is 4.22. The van der Waals surface area contributed by atoms with Crippen molar-refractivity contribution in [2.75, 3.05) is 0 Å². The van der Waals surface area contributed by atoms with E-state index in [1.807, 2.05) is 12.3 Å². The number of hydrogen-bond acceptors (Lipinski definition) is 1. The Labute approximate surface area is 62.2 Å². The summed E-state index contributed by atoms with van der Waals surface area (Å²) >= 11 is 0.0989. The van der Waals surface area contributed by atoms with Crippen LogP contribution in [0.1, 0.15) is 6.92 Å². The number of rotatable bonds is 2. The molecule has 0 saturated heterocycles. The number of hydrogen-bond donors (Lipinski definition) is 0. The van der Waals surface area contributed by atoms with Gasteiger partial charge in [-0.05, 0) is 0 Å². The van der Waals surface area contributed by atoms with Crippen LogP contribution in [0.5, 0.6) is 0 Å². The summed E-state index contributed by atoms with van der Waals surface area (Å²) in [5.74, 6) is 0. The van der Waals surface area contributed by atoms with Crippen molar-refractivity contribution < 1.29 is 0 Å². The molecular formula is C7H10AsN. The van der Waals surface area contributed by atoms with Gasteiger partial charge in [0.15, 0.2) is 0 Å². The van der Waals surface area contributed by atoms with Crippen molar-refractivity contribution in [1.29, 1.82) is 0 Å². The van der Waals surface area contributed by atoms with E-state index in [-0.39, 0.29) is 15.8 Å². The molecule has 2 heteroatoms. The monoisotopic (exact) mass is 183 g/mol. The van der Waals surface area contributed by atoms with Crippen molar-refractivity contribution in [3.63, 3.8) is 0 Å². The topological polar surface area (TPSA) is 12.9 Å². The van der Waals surface area contributed by atoms with Gasteiger partial charge >= 0.3 is 61.7 Å². The van der Waals surface area contributed by atoms with Crippen molar-refractivity contribution in [1.82, 2.24) is 4.98 Å². The summed E-state index contributed by atoms with van der Waals surface area (Å²) in [6, 6.07) is 6.14. The predicted molar refractivity (Wildman–Crippen MR) is 41.5 cm³/mol. The zero-order valence-electron chi connectivity index (χ0n) is 5.46. The fourth-order valence-electron chi connectivity index (χ4n) is 0.648. The fourth-order valence-corrected chi connectivity index (χ4v) is 2.21. The van der Waals surface area contributed by atoms with Crippen LogP contribution in [0.15, 0.2) is 24.4 Å². The van der Waals surface area contributed by atoms with E-state index in [0.29, 0.717) is 0 Å². The minimum atomic E-state index is 0.0989. The van der Waals surface area contributed by atoms with Gasteiger partial charge in [0, 0.05) is 0 Å². The molecule has 1 rings (SSSR count). The Morgan fingerprint density at radius 1 is 1.56 bits per heavy atom. The molecular weight excluding hydrogens is 173 g/mol. The van der Waals surface area contributed by atoms with Gasteiger partial charge in [0.2, 0.25) is 0 Å². The quantitative estimate of drug-likeness (QED) is 0.611. The molecule has 1 heterocycles. The van der Waals surface area contributed by atoms with Gasteiger partial charge in [-0.1, -0.05) is 0 Å². The summed E-state index contributed by atoms with van der Waals surface area (Å²) in [4.78, 5) is 4.22. The first-order valence-corrected chi connectivity index (χ1v) is 5.61. The summed E-state index contributed by atoms with van der Waals surface area (Å²) in [6.07, 6.45) is 1.87. The predicted octanol–water partition coefficient (Wildman–Crippen LogP) is 0.582. The van der Waals surface area contributed by atoms with Gasteiger partial charge < -0.3 is 0 Å². The van der Waals surface area contributed by atoms with Gasteiger partial charge in [0.05, 0.1) is 0 Å². The van der Waals surface area contributed by atoms with Gasteiger partial charge in [-0.3, -0.25) is 0 Å². The van der Waals surface area contributed by atoms with Crippen LogP contribution in [0.25, 0.3) is 0 Å². The first-order chi connectivity index (χ1) is 4.43. The average Bonchev–Trinajstić information content (AvgIpc) is 1.91. The zero-order valence-corrected chi connectivity index (χ0v) is 7.56. The van der Waals surface area contributed by atoms with Crippen LogP contribution in [0.2, 0.25) is 5.21 Å². The SMILES string of the molecule is CC[AsH]c1ccccn1. The van der Waals surface area contributed by atoms with Crippen LogP contribution >= 0.6 is 0 Å². The molecule has 0 aromatic carbocycles. The second kappa shape index (κ2) is 3.68. The molecule has 0 bridgehead atoms. The van der Waals surface area contributed by atoms with Crippen molar-refractivity contribution in [3.8, 4) is 0 Å². The molecule has 0 fully saturated rings. The van der Waals surface area contributed by atoms with Crippen molar-refractivity contribution in [3.05, 3.63) is 24.4 Å². The van der Waals surface area contributed by atoms with Gasteiger partial charge in [-0.25, -0.2) is 0 Å². The summed E-state index contributed by atoms with van der Waals surface area (Å²) in [5, 5.41) is 1.30. The van der Waals surface area contributed by atoms with Gasteiger partial charge in [-0.15, -0.1) is 0 Å². The van der Waals surface area contributed by atoms with Crippen LogP contribution in [0.4, 0.5) is 0 Å².